The molecule has 39 heavy (non-hydrogen) atoms. The molecule has 0 amide bonds. The summed E-state index contributed by atoms with van der Waals surface area (Å²) in [6, 6.07) is 22.4. The SMILES string of the molecule is CCCCCCC/C=C/CCC[N+](CCC/C=C/CCCCCCC)(Cc1ccccc1)Cc1ccccc1. The maximum atomic E-state index is 2.46. The van der Waals surface area contributed by atoms with Crippen molar-refractivity contribution in [1.82, 2.24) is 0 Å². The highest BCUT2D eigenvalue weighted by atomic mass is 15.3. The van der Waals surface area contributed by atoms with Crippen molar-refractivity contribution in [2.75, 3.05) is 13.1 Å². The Balaban J connectivity index is 1.96. The Morgan fingerprint density at radius 2 is 0.795 bits per heavy atom. The summed E-state index contributed by atoms with van der Waals surface area (Å²) in [5, 5.41) is 0. The largest absolute Gasteiger partial charge is 0.316 e. The third kappa shape index (κ3) is 16.6. The zero-order chi connectivity index (χ0) is 27.7. The molecule has 0 aliphatic heterocycles. The van der Waals surface area contributed by atoms with E-state index in [1.807, 2.05) is 0 Å². The van der Waals surface area contributed by atoms with Crippen LogP contribution < -0.4 is 0 Å². The van der Waals surface area contributed by atoms with Crippen LogP contribution >= 0.6 is 0 Å². The van der Waals surface area contributed by atoms with Crippen molar-refractivity contribution in [3.05, 3.63) is 96.1 Å². The summed E-state index contributed by atoms with van der Waals surface area (Å²) in [5.74, 6) is 0. The normalized spacial score (nSPS) is 12.2. The van der Waals surface area contributed by atoms with Crippen molar-refractivity contribution >= 4 is 0 Å². The molecular formula is C38H60N+. The number of rotatable bonds is 24. The fourth-order valence-corrected chi connectivity index (χ4v) is 5.72. The summed E-state index contributed by atoms with van der Waals surface area (Å²) in [6.07, 6.45) is 31.0. The molecular weight excluding hydrogens is 470 g/mol. The number of quaternary nitrogens is 1. The van der Waals surface area contributed by atoms with Gasteiger partial charge in [0.1, 0.15) is 13.1 Å². The number of unbranched alkanes of at least 4 members (excludes halogenated alkanes) is 12. The van der Waals surface area contributed by atoms with E-state index < -0.39 is 0 Å². The first-order chi connectivity index (χ1) is 19.3. The lowest BCUT2D eigenvalue weighted by atomic mass is 10.1. The maximum Gasteiger partial charge on any atom is 0.105 e. The lowest BCUT2D eigenvalue weighted by Crippen LogP contribution is -2.48. The fraction of sp³-hybridized carbons (Fsp3) is 0.579. The van der Waals surface area contributed by atoms with Gasteiger partial charge in [-0.3, -0.25) is 0 Å². The summed E-state index contributed by atoms with van der Waals surface area (Å²) < 4.78 is 1.16. The minimum absolute atomic E-state index is 1.12. The third-order valence-corrected chi connectivity index (χ3v) is 8.01. The Bertz CT molecular complexity index is 777. The Hall–Kier alpha value is -2.12. The van der Waals surface area contributed by atoms with Gasteiger partial charge in [0, 0.05) is 24.0 Å². The van der Waals surface area contributed by atoms with Crippen LogP contribution in [0.5, 0.6) is 0 Å². The average Bonchev–Trinajstić information content (AvgIpc) is 2.96. The maximum absolute atomic E-state index is 2.46. The van der Waals surface area contributed by atoms with Gasteiger partial charge in [-0.05, 0) is 38.5 Å². The van der Waals surface area contributed by atoms with Gasteiger partial charge in [0.05, 0.1) is 13.1 Å². The first kappa shape index (κ1) is 33.1. The Morgan fingerprint density at radius 1 is 0.436 bits per heavy atom. The van der Waals surface area contributed by atoms with Gasteiger partial charge in [-0.2, -0.15) is 0 Å². The van der Waals surface area contributed by atoms with Gasteiger partial charge in [0.25, 0.3) is 0 Å². The smallest absolute Gasteiger partial charge is 0.105 e. The van der Waals surface area contributed by atoms with Crippen molar-refractivity contribution in [2.45, 2.75) is 130 Å². The van der Waals surface area contributed by atoms with Crippen LogP contribution in [0.15, 0.2) is 85.0 Å². The van der Waals surface area contributed by atoms with Gasteiger partial charge in [0.15, 0.2) is 0 Å². The molecule has 0 radical (unpaired) electrons. The van der Waals surface area contributed by atoms with E-state index in [2.05, 4.69) is 98.8 Å². The number of benzene rings is 2. The van der Waals surface area contributed by atoms with Crippen LogP contribution in [0.25, 0.3) is 0 Å². The van der Waals surface area contributed by atoms with Crippen LogP contribution in [0.1, 0.15) is 128 Å². The first-order valence-corrected chi connectivity index (χ1v) is 16.5. The molecule has 0 saturated carbocycles. The number of nitrogens with zero attached hydrogens (tertiary/aromatic N) is 1. The van der Waals surface area contributed by atoms with Crippen molar-refractivity contribution in [3.8, 4) is 0 Å². The Kier molecular flexibility index (Phi) is 19.2. The van der Waals surface area contributed by atoms with Crippen LogP contribution in [0, 0.1) is 0 Å². The standard InChI is InChI=1S/C38H60N/c1-3-5-7-9-11-13-15-17-19-27-33-39(35-37-29-23-21-24-30-37,36-38-31-25-22-26-32-38)34-28-20-18-16-14-12-10-8-6-4-2/h15-18,21-26,29-32H,3-14,19-20,27-28,33-36H2,1-2H3/q+1/b17-15+,18-16+. The van der Waals surface area contributed by atoms with Crippen molar-refractivity contribution in [1.29, 1.82) is 0 Å². The van der Waals surface area contributed by atoms with Gasteiger partial charge in [-0.15, -0.1) is 0 Å². The van der Waals surface area contributed by atoms with Crippen LogP contribution in [-0.2, 0) is 13.1 Å². The highest BCUT2D eigenvalue weighted by Gasteiger charge is 2.27. The fourth-order valence-electron chi connectivity index (χ4n) is 5.72. The highest BCUT2D eigenvalue weighted by Crippen LogP contribution is 2.23. The second kappa shape index (κ2) is 22.7. The molecule has 1 nitrogen and oxygen atoms in total. The molecule has 2 rings (SSSR count). The molecule has 0 atom stereocenters. The Labute approximate surface area is 243 Å². The summed E-state index contributed by atoms with van der Waals surface area (Å²) in [7, 11) is 0. The molecule has 0 saturated heterocycles. The average molecular weight is 531 g/mol. The van der Waals surface area contributed by atoms with E-state index in [1.165, 1.54) is 127 Å². The van der Waals surface area contributed by atoms with Gasteiger partial charge in [-0.1, -0.05) is 150 Å². The molecule has 1 heteroatoms. The van der Waals surface area contributed by atoms with Crippen LogP contribution in [0.3, 0.4) is 0 Å². The molecule has 216 valence electrons. The molecule has 0 aliphatic rings. The van der Waals surface area contributed by atoms with Crippen molar-refractivity contribution in [3.63, 3.8) is 0 Å². The van der Waals surface area contributed by atoms with Crippen LogP contribution in [-0.4, -0.2) is 17.6 Å². The molecule has 0 spiro atoms. The van der Waals surface area contributed by atoms with E-state index in [9.17, 15) is 0 Å². The van der Waals surface area contributed by atoms with E-state index in [0.717, 1.165) is 17.6 Å². The third-order valence-electron chi connectivity index (χ3n) is 8.01. The summed E-state index contributed by atoms with van der Waals surface area (Å²) in [5.41, 5.74) is 2.94. The summed E-state index contributed by atoms with van der Waals surface area (Å²) >= 11 is 0. The second-order valence-corrected chi connectivity index (χ2v) is 11.7. The van der Waals surface area contributed by atoms with Crippen LogP contribution in [0.2, 0.25) is 0 Å². The zero-order valence-corrected chi connectivity index (χ0v) is 25.7. The molecule has 2 aromatic carbocycles. The highest BCUT2D eigenvalue weighted by molar-refractivity contribution is 5.15. The van der Waals surface area contributed by atoms with Gasteiger partial charge < -0.3 is 4.48 Å². The van der Waals surface area contributed by atoms with Gasteiger partial charge in [-0.25, -0.2) is 0 Å². The number of hydrogen-bond donors (Lipinski definition) is 0. The van der Waals surface area contributed by atoms with Gasteiger partial charge >= 0.3 is 0 Å². The van der Waals surface area contributed by atoms with Crippen molar-refractivity contribution in [2.24, 2.45) is 0 Å². The minimum Gasteiger partial charge on any atom is -0.316 e. The van der Waals surface area contributed by atoms with E-state index in [0.29, 0.717) is 0 Å². The quantitative estimate of drug-likeness (QED) is 0.0719. The van der Waals surface area contributed by atoms with Crippen LogP contribution in [0.4, 0.5) is 0 Å². The predicted molar refractivity (Wildman–Crippen MR) is 174 cm³/mol. The number of hydrogen-bond acceptors (Lipinski definition) is 0. The predicted octanol–water partition coefficient (Wildman–Crippen LogP) is 11.6. The Morgan fingerprint density at radius 3 is 1.18 bits per heavy atom. The molecule has 0 aliphatic carbocycles. The molecule has 0 aromatic heterocycles. The molecule has 0 bridgehead atoms. The lowest BCUT2D eigenvalue weighted by Gasteiger charge is -2.39. The minimum atomic E-state index is 1.12. The zero-order valence-electron chi connectivity index (χ0n) is 25.7. The van der Waals surface area contributed by atoms with E-state index in [-0.39, 0.29) is 0 Å². The monoisotopic (exact) mass is 530 g/mol. The molecule has 0 fully saturated rings. The van der Waals surface area contributed by atoms with E-state index >= 15 is 0 Å². The molecule has 0 unspecified atom stereocenters. The molecule has 2 aromatic rings. The van der Waals surface area contributed by atoms with E-state index in [1.54, 1.807) is 0 Å². The number of allylic oxidation sites excluding steroid dienone is 4. The molecule has 0 heterocycles. The first-order valence-electron chi connectivity index (χ1n) is 16.5. The lowest BCUT2D eigenvalue weighted by molar-refractivity contribution is -0.954. The van der Waals surface area contributed by atoms with Gasteiger partial charge in [0.2, 0.25) is 0 Å². The second-order valence-electron chi connectivity index (χ2n) is 11.7. The summed E-state index contributed by atoms with van der Waals surface area (Å²) in [6.45, 7) is 9.32. The van der Waals surface area contributed by atoms with Crippen molar-refractivity contribution < 1.29 is 4.48 Å². The molecule has 0 N–H and O–H groups in total. The van der Waals surface area contributed by atoms with E-state index in [4.69, 9.17) is 0 Å². The topological polar surface area (TPSA) is 0 Å². The summed E-state index contributed by atoms with van der Waals surface area (Å²) in [4.78, 5) is 0.